The molecule has 3 amide bonds. The van der Waals surface area contributed by atoms with Crippen LogP contribution >= 0.6 is 11.3 Å². The molecule has 224 valence electrons. The van der Waals surface area contributed by atoms with Crippen molar-refractivity contribution < 1.29 is 37.5 Å². The second kappa shape index (κ2) is 13.7. The molecule has 43 heavy (non-hydrogen) atoms. The Hall–Kier alpha value is -5.05. The molecule has 2 aromatic heterocycles. The lowest BCUT2D eigenvalue weighted by atomic mass is 10.0. The Morgan fingerprint density at radius 2 is 1.67 bits per heavy atom. The summed E-state index contributed by atoms with van der Waals surface area (Å²) >= 11 is 1.04. The maximum atomic E-state index is 13.1. The van der Waals surface area contributed by atoms with E-state index >= 15 is 0 Å². The number of nitrogens with zero attached hydrogens (tertiary/aromatic N) is 2. The number of carboxylic acid groups (broad SMARTS) is 1. The van der Waals surface area contributed by atoms with E-state index in [4.69, 9.17) is 0 Å². The Morgan fingerprint density at radius 1 is 0.953 bits per heavy atom. The molecule has 15 heteroatoms. The van der Waals surface area contributed by atoms with E-state index in [-0.39, 0.29) is 18.5 Å². The first-order chi connectivity index (χ1) is 20.5. The van der Waals surface area contributed by atoms with E-state index < -0.39 is 54.1 Å². The molecule has 0 saturated heterocycles. The SMILES string of the molecule is O=C(CNC(=O)c1csc(-c2ccc(C(F)(F)F)cc2)n1)N[C@@H](Cc1ccccc1)C(=O)N[C@@H](Cc1cnc[nH]1)C(=O)O. The van der Waals surface area contributed by atoms with Crippen LogP contribution in [0.25, 0.3) is 10.6 Å². The van der Waals surface area contributed by atoms with Crippen molar-refractivity contribution in [2.45, 2.75) is 31.1 Å². The van der Waals surface area contributed by atoms with Crippen molar-refractivity contribution in [1.82, 2.24) is 30.9 Å². The first kappa shape index (κ1) is 30.9. The zero-order chi connectivity index (χ0) is 31.0. The Kier molecular flexibility index (Phi) is 9.87. The molecule has 2 atom stereocenters. The number of hydrogen-bond donors (Lipinski definition) is 5. The van der Waals surface area contributed by atoms with Gasteiger partial charge in [-0.05, 0) is 17.7 Å². The highest BCUT2D eigenvalue weighted by molar-refractivity contribution is 7.13. The molecular weight excluding hydrogens is 589 g/mol. The number of amides is 3. The second-order valence-electron chi connectivity index (χ2n) is 9.29. The van der Waals surface area contributed by atoms with Gasteiger partial charge in [0.05, 0.1) is 18.4 Å². The van der Waals surface area contributed by atoms with Gasteiger partial charge >= 0.3 is 12.1 Å². The van der Waals surface area contributed by atoms with Crippen molar-refractivity contribution >= 4 is 35.0 Å². The number of rotatable bonds is 12. The molecule has 0 aliphatic carbocycles. The van der Waals surface area contributed by atoms with Gasteiger partial charge in [0, 0.05) is 35.7 Å². The fourth-order valence-corrected chi connectivity index (χ4v) is 4.76. The number of benzene rings is 2. The molecule has 4 rings (SSSR count). The maximum absolute atomic E-state index is 13.1. The first-order valence-electron chi connectivity index (χ1n) is 12.7. The molecule has 2 aromatic carbocycles. The molecule has 11 nitrogen and oxygen atoms in total. The Bertz CT molecular complexity index is 1560. The molecule has 0 bridgehead atoms. The van der Waals surface area contributed by atoms with E-state index in [0.717, 1.165) is 23.5 Å². The van der Waals surface area contributed by atoms with Crippen LogP contribution in [0.4, 0.5) is 13.2 Å². The van der Waals surface area contributed by atoms with Crippen molar-refractivity contribution in [3.63, 3.8) is 0 Å². The number of halogens is 3. The molecule has 0 aliphatic rings. The summed E-state index contributed by atoms with van der Waals surface area (Å²) in [7, 11) is 0. The largest absolute Gasteiger partial charge is 0.480 e. The maximum Gasteiger partial charge on any atom is 0.416 e. The molecule has 2 heterocycles. The molecule has 0 fully saturated rings. The lowest BCUT2D eigenvalue weighted by Crippen LogP contribution is -2.54. The molecule has 0 saturated carbocycles. The van der Waals surface area contributed by atoms with E-state index in [1.807, 2.05) is 0 Å². The minimum absolute atomic E-state index is 0.0469. The lowest BCUT2D eigenvalue weighted by Gasteiger charge is -2.21. The first-order valence-corrected chi connectivity index (χ1v) is 13.6. The summed E-state index contributed by atoms with van der Waals surface area (Å²) in [6.45, 7) is -0.527. The number of H-pyrrole nitrogens is 1. The van der Waals surface area contributed by atoms with E-state index in [1.54, 1.807) is 30.3 Å². The summed E-state index contributed by atoms with van der Waals surface area (Å²) in [5.74, 6) is -3.45. The van der Waals surface area contributed by atoms with E-state index in [0.29, 0.717) is 21.8 Å². The van der Waals surface area contributed by atoms with Crippen LogP contribution in [0.3, 0.4) is 0 Å². The van der Waals surface area contributed by atoms with E-state index in [9.17, 15) is 37.5 Å². The fraction of sp³-hybridized carbons (Fsp3) is 0.214. The van der Waals surface area contributed by atoms with Crippen LogP contribution in [0.5, 0.6) is 0 Å². The van der Waals surface area contributed by atoms with Crippen LogP contribution in [-0.2, 0) is 33.4 Å². The standard InChI is InChI=1S/C28H25F3N6O5S/c29-28(30,31)18-8-6-17(7-9-18)26-37-22(14-43-26)24(39)33-13-23(38)35-20(10-16-4-2-1-3-5-16)25(40)36-21(27(41)42)11-19-12-32-15-34-19/h1-9,12,14-15,20-21H,10-11,13H2,(H,32,34)(H,33,39)(H,35,38)(H,36,40)(H,41,42)/t20-,21-/m0/s1. The zero-order valence-electron chi connectivity index (χ0n) is 22.2. The van der Waals surface area contributed by atoms with Crippen LogP contribution in [0, 0.1) is 0 Å². The van der Waals surface area contributed by atoms with Crippen molar-refractivity contribution in [1.29, 1.82) is 0 Å². The van der Waals surface area contributed by atoms with Crippen LogP contribution in [0.1, 0.15) is 27.3 Å². The summed E-state index contributed by atoms with van der Waals surface area (Å²) < 4.78 is 38.5. The summed E-state index contributed by atoms with van der Waals surface area (Å²) in [6.07, 6.45) is -1.69. The van der Waals surface area contributed by atoms with Gasteiger partial charge in [0.15, 0.2) is 0 Å². The number of carboxylic acids is 1. The lowest BCUT2D eigenvalue weighted by molar-refractivity contribution is -0.142. The van der Waals surface area contributed by atoms with Gasteiger partial charge in [-0.25, -0.2) is 14.8 Å². The predicted octanol–water partition coefficient (Wildman–Crippen LogP) is 2.82. The molecule has 0 unspecified atom stereocenters. The minimum atomic E-state index is -4.48. The van der Waals surface area contributed by atoms with Crippen molar-refractivity contribution in [2.24, 2.45) is 0 Å². The van der Waals surface area contributed by atoms with Crippen LogP contribution in [-0.4, -0.2) is 62.4 Å². The normalized spacial score (nSPS) is 12.6. The number of nitrogens with one attached hydrogen (secondary N) is 4. The van der Waals surface area contributed by atoms with Gasteiger partial charge in [-0.1, -0.05) is 42.5 Å². The summed E-state index contributed by atoms with van der Waals surface area (Å²) in [6, 6.07) is 10.6. The second-order valence-corrected chi connectivity index (χ2v) is 10.1. The van der Waals surface area contributed by atoms with Gasteiger partial charge in [-0.2, -0.15) is 13.2 Å². The van der Waals surface area contributed by atoms with Crippen molar-refractivity contribution in [3.05, 3.63) is 95.0 Å². The van der Waals surface area contributed by atoms with Gasteiger partial charge in [0.2, 0.25) is 11.8 Å². The average molecular weight is 615 g/mol. The monoisotopic (exact) mass is 614 g/mol. The van der Waals surface area contributed by atoms with Crippen LogP contribution in [0.2, 0.25) is 0 Å². The third-order valence-corrected chi connectivity index (χ3v) is 7.02. The quantitative estimate of drug-likeness (QED) is 0.164. The highest BCUT2D eigenvalue weighted by atomic mass is 32.1. The number of carbonyl (C=O) groups excluding carboxylic acids is 3. The van der Waals surface area contributed by atoms with Gasteiger partial charge in [0.1, 0.15) is 22.8 Å². The topological polar surface area (TPSA) is 166 Å². The predicted molar refractivity (Wildman–Crippen MR) is 149 cm³/mol. The van der Waals surface area contributed by atoms with Gasteiger partial charge in [-0.15, -0.1) is 11.3 Å². The number of imidazole rings is 1. The van der Waals surface area contributed by atoms with Crippen LogP contribution < -0.4 is 16.0 Å². The number of alkyl halides is 3. The summed E-state index contributed by atoms with van der Waals surface area (Å²) in [5, 5.41) is 18.7. The van der Waals surface area contributed by atoms with Crippen molar-refractivity contribution in [2.75, 3.05) is 6.54 Å². The number of aromatic amines is 1. The smallest absolute Gasteiger partial charge is 0.416 e. The summed E-state index contributed by atoms with van der Waals surface area (Å²) in [5.41, 5.74) is 0.715. The molecule has 4 aromatic rings. The molecule has 0 radical (unpaired) electrons. The summed E-state index contributed by atoms with van der Waals surface area (Å²) in [4.78, 5) is 61.0. The number of aliphatic carboxylic acids is 1. The third kappa shape index (κ3) is 8.72. The van der Waals surface area contributed by atoms with Crippen LogP contribution in [0.15, 0.2) is 72.5 Å². The minimum Gasteiger partial charge on any atom is -0.480 e. The van der Waals surface area contributed by atoms with Gasteiger partial charge in [0.25, 0.3) is 5.91 Å². The number of thiazole rings is 1. The highest BCUT2D eigenvalue weighted by Crippen LogP contribution is 2.31. The Labute approximate surface area is 246 Å². The van der Waals surface area contributed by atoms with Gasteiger partial charge < -0.3 is 26.0 Å². The number of carbonyl (C=O) groups is 4. The van der Waals surface area contributed by atoms with Crippen molar-refractivity contribution in [3.8, 4) is 10.6 Å². The highest BCUT2D eigenvalue weighted by Gasteiger charge is 2.30. The molecule has 5 N–H and O–H groups in total. The van der Waals surface area contributed by atoms with E-state index in [2.05, 4.69) is 30.9 Å². The third-order valence-electron chi connectivity index (χ3n) is 6.13. The molecule has 0 aliphatic heterocycles. The average Bonchev–Trinajstić information content (AvgIpc) is 3.68. The van der Waals surface area contributed by atoms with E-state index in [1.165, 1.54) is 30.0 Å². The Balaban J connectivity index is 1.38. The zero-order valence-corrected chi connectivity index (χ0v) is 23.0. The Morgan fingerprint density at radius 3 is 2.30 bits per heavy atom. The van der Waals surface area contributed by atoms with Gasteiger partial charge in [-0.3, -0.25) is 14.4 Å². The number of aromatic nitrogens is 3. The number of hydrogen-bond acceptors (Lipinski definition) is 7. The molecule has 0 spiro atoms. The fourth-order valence-electron chi connectivity index (χ4n) is 3.96. The molecular formula is C28H25F3N6O5S.